The van der Waals surface area contributed by atoms with Crippen LogP contribution in [0.25, 0.3) is 0 Å². The first-order valence-corrected chi connectivity index (χ1v) is 10.2. The van der Waals surface area contributed by atoms with Crippen molar-refractivity contribution in [3.8, 4) is 0 Å². The van der Waals surface area contributed by atoms with Crippen molar-refractivity contribution in [2.75, 3.05) is 0 Å². The van der Waals surface area contributed by atoms with E-state index in [2.05, 4.69) is 0 Å². The highest BCUT2D eigenvalue weighted by atomic mass is 16.7. The summed E-state index contributed by atoms with van der Waals surface area (Å²) in [4.78, 5) is 48.9. The van der Waals surface area contributed by atoms with Gasteiger partial charge in [0.05, 0.1) is 6.42 Å². The predicted molar refractivity (Wildman–Crippen MR) is 113 cm³/mol. The number of rotatable bonds is 8. The maximum absolute atomic E-state index is 12.5. The van der Waals surface area contributed by atoms with Crippen LogP contribution in [0.1, 0.15) is 60.5 Å². The van der Waals surface area contributed by atoms with Gasteiger partial charge in [-0.2, -0.15) is 0 Å². The van der Waals surface area contributed by atoms with Crippen molar-refractivity contribution in [1.82, 2.24) is 0 Å². The average Bonchev–Trinajstić information content (AvgIpc) is 2.63. The van der Waals surface area contributed by atoms with Crippen LogP contribution < -0.4 is 0 Å². The molecule has 0 aliphatic carbocycles. The van der Waals surface area contributed by atoms with Gasteiger partial charge in [0.2, 0.25) is 6.10 Å². The third kappa shape index (κ3) is 11.3. The molecule has 9 nitrogen and oxygen atoms in total. The summed E-state index contributed by atoms with van der Waals surface area (Å²) in [6.07, 6.45) is -4.65. The van der Waals surface area contributed by atoms with Gasteiger partial charge >= 0.3 is 24.1 Å². The summed E-state index contributed by atoms with van der Waals surface area (Å²) in [6.45, 7) is 11.1. The molecule has 0 amide bonds. The highest BCUT2D eigenvalue weighted by molar-refractivity contribution is 5.85. The van der Waals surface area contributed by atoms with E-state index in [-0.39, 0.29) is 6.61 Å². The van der Waals surface area contributed by atoms with Crippen LogP contribution in [0, 0.1) is 0 Å². The first-order chi connectivity index (χ1) is 14.7. The molecule has 0 saturated carbocycles. The molecule has 1 aromatic rings. The molecule has 0 N–H and O–H groups in total. The molecule has 0 fully saturated rings. The molecule has 0 aliphatic rings. The topological polar surface area (TPSA) is 114 Å². The van der Waals surface area contributed by atoms with E-state index in [0.29, 0.717) is 5.56 Å². The molecule has 0 bridgehead atoms. The number of hydrogen-bond donors (Lipinski definition) is 0. The Kier molecular flexibility index (Phi) is 9.68. The van der Waals surface area contributed by atoms with Crippen LogP contribution in [0.5, 0.6) is 0 Å². The summed E-state index contributed by atoms with van der Waals surface area (Å²) < 4.78 is 25.4. The summed E-state index contributed by atoms with van der Waals surface area (Å²) in [7, 11) is 0. The van der Waals surface area contributed by atoms with Gasteiger partial charge in [-0.15, -0.1) is 0 Å². The second-order valence-electron chi connectivity index (χ2n) is 9.03. The second-order valence-corrected chi connectivity index (χ2v) is 9.03. The van der Waals surface area contributed by atoms with E-state index < -0.39 is 53.9 Å². The van der Waals surface area contributed by atoms with Gasteiger partial charge < -0.3 is 23.7 Å². The lowest BCUT2D eigenvalue weighted by Crippen LogP contribution is -2.37. The predicted octanol–water partition coefficient (Wildman–Crippen LogP) is 3.71. The largest absolute Gasteiger partial charge is 0.509 e. The Balaban J connectivity index is 2.80. The van der Waals surface area contributed by atoms with E-state index in [9.17, 15) is 19.2 Å². The minimum Gasteiger partial charge on any atom is -0.458 e. The van der Waals surface area contributed by atoms with E-state index in [1.807, 2.05) is 6.07 Å². The van der Waals surface area contributed by atoms with Crippen molar-refractivity contribution in [2.24, 2.45) is 0 Å². The fourth-order valence-corrected chi connectivity index (χ4v) is 2.21. The number of esters is 3. The van der Waals surface area contributed by atoms with Crippen molar-refractivity contribution in [3.05, 3.63) is 35.9 Å². The molecule has 2 unspecified atom stereocenters. The molecule has 0 radical (unpaired) electrons. The number of hydrogen-bond acceptors (Lipinski definition) is 9. The third-order valence-electron chi connectivity index (χ3n) is 3.51. The van der Waals surface area contributed by atoms with Gasteiger partial charge in [-0.25, -0.2) is 14.4 Å². The maximum atomic E-state index is 12.5. The Morgan fingerprint density at radius 1 is 0.812 bits per heavy atom. The highest BCUT2D eigenvalue weighted by Gasteiger charge is 2.32. The number of carbonyl (C=O) groups is 4. The Hall–Kier alpha value is -3.10. The minimum atomic E-state index is -1.62. The first-order valence-electron chi connectivity index (χ1n) is 10.2. The number of ether oxygens (including phenoxy) is 5. The lowest BCUT2D eigenvalue weighted by molar-refractivity contribution is -0.177. The molecule has 1 rings (SSSR count). The molecular formula is C23H32O9. The Bertz CT molecular complexity index is 788. The van der Waals surface area contributed by atoms with Crippen molar-refractivity contribution < 1.29 is 42.9 Å². The summed E-state index contributed by atoms with van der Waals surface area (Å²) in [6, 6.07) is 8.84. The third-order valence-corrected chi connectivity index (χ3v) is 3.51. The zero-order valence-corrected chi connectivity index (χ0v) is 19.6. The highest BCUT2D eigenvalue weighted by Crippen LogP contribution is 2.14. The van der Waals surface area contributed by atoms with Gasteiger partial charge in [-0.3, -0.25) is 4.79 Å². The van der Waals surface area contributed by atoms with Crippen LogP contribution in [0.3, 0.4) is 0 Å². The lowest BCUT2D eigenvalue weighted by atomic mass is 10.2. The molecule has 1 aromatic carbocycles. The normalized spacial score (nSPS) is 13.3. The Morgan fingerprint density at radius 3 is 1.91 bits per heavy atom. The summed E-state index contributed by atoms with van der Waals surface area (Å²) in [5.74, 6) is -2.66. The summed E-state index contributed by atoms with van der Waals surface area (Å²) >= 11 is 0. The zero-order chi connectivity index (χ0) is 24.5. The smallest absolute Gasteiger partial charge is 0.458 e. The molecule has 2 atom stereocenters. The zero-order valence-electron chi connectivity index (χ0n) is 19.6. The quantitative estimate of drug-likeness (QED) is 0.430. The molecule has 0 aromatic heterocycles. The standard InChI is InChI=1S/C23H32O9/c1-15(19(25)31-22(2,3)4)29-18(24)13-17(30-21(27)32-23(5,6)7)20(26)28-14-16-11-9-8-10-12-16/h8-12,15,17H,13-14H2,1-7H3. The van der Waals surface area contributed by atoms with Crippen LogP contribution in [0.4, 0.5) is 4.79 Å². The Morgan fingerprint density at radius 2 is 1.38 bits per heavy atom. The van der Waals surface area contributed by atoms with Crippen LogP contribution in [0.15, 0.2) is 30.3 Å². The fraction of sp³-hybridized carbons (Fsp3) is 0.565. The molecule has 0 spiro atoms. The van der Waals surface area contributed by atoms with Crippen molar-refractivity contribution in [2.45, 2.75) is 84.9 Å². The number of carbonyl (C=O) groups excluding carboxylic acids is 4. The van der Waals surface area contributed by atoms with Crippen molar-refractivity contribution >= 4 is 24.1 Å². The van der Waals surface area contributed by atoms with Gasteiger partial charge in [0.15, 0.2) is 6.10 Å². The van der Waals surface area contributed by atoms with E-state index in [1.54, 1.807) is 65.8 Å². The van der Waals surface area contributed by atoms with E-state index in [4.69, 9.17) is 23.7 Å². The van der Waals surface area contributed by atoms with Crippen LogP contribution in [-0.2, 0) is 44.7 Å². The molecule has 0 saturated heterocycles. The summed E-state index contributed by atoms with van der Waals surface area (Å²) in [5, 5.41) is 0. The molecule has 0 heterocycles. The average molecular weight is 453 g/mol. The van der Waals surface area contributed by atoms with Gasteiger partial charge in [0.1, 0.15) is 17.8 Å². The van der Waals surface area contributed by atoms with Crippen molar-refractivity contribution in [3.63, 3.8) is 0 Å². The van der Waals surface area contributed by atoms with Gasteiger partial charge in [0.25, 0.3) is 0 Å². The second kappa shape index (κ2) is 11.5. The van der Waals surface area contributed by atoms with Gasteiger partial charge in [0, 0.05) is 0 Å². The monoisotopic (exact) mass is 452 g/mol. The number of benzene rings is 1. The first kappa shape index (κ1) is 26.9. The fourth-order valence-electron chi connectivity index (χ4n) is 2.21. The van der Waals surface area contributed by atoms with Crippen LogP contribution >= 0.6 is 0 Å². The molecule has 9 heteroatoms. The van der Waals surface area contributed by atoms with E-state index >= 15 is 0 Å². The molecule has 178 valence electrons. The van der Waals surface area contributed by atoms with E-state index in [0.717, 1.165) is 0 Å². The van der Waals surface area contributed by atoms with Crippen molar-refractivity contribution in [1.29, 1.82) is 0 Å². The Labute approximate surface area is 188 Å². The SMILES string of the molecule is CC(OC(=O)CC(OC(=O)OC(C)(C)C)C(=O)OCc1ccccc1)C(=O)OC(C)(C)C. The molecule has 32 heavy (non-hydrogen) atoms. The van der Waals surface area contributed by atoms with Gasteiger partial charge in [-0.05, 0) is 54.0 Å². The van der Waals surface area contributed by atoms with E-state index in [1.165, 1.54) is 6.92 Å². The molecule has 0 aliphatic heterocycles. The maximum Gasteiger partial charge on any atom is 0.509 e. The lowest BCUT2D eigenvalue weighted by Gasteiger charge is -2.23. The minimum absolute atomic E-state index is 0.0861. The molecular weight excluding hydrogens is 420 g/mol. The van der Waals surface area contributed by atoms with Crippen LogP contribution in [-0.4, -0.2) is 47.5 Å². The van der Waals surface area contributed by atoms with Crippen LogP contribution in [0.2, 0.25) is 0 Å². The summed E-state index contributed by atoms with van der Waals surface area (Å²) in [5.41, 5.74) is -0.930. The van der Waals surface area contributed by atoms with Gasteiger partial charge in [-0.1, -0.05) is 30.3 Å².